The van der Waals surface area contributed by atoms with Crippen LogP contribution < -0.4 is 4.90 Å². The summed E-state index contributed by atoms with van der Waals surface area (Å²) in [6.45, 7) is 0. The molecule has 134 valence electrons. The predicted octanol–water partition coefficient (Wildman–Crippen LogP) is 2.20. The lowest BCUT2D eigenvalue weighted by molar-refractivity contribution is -0.145. The molecule has 3 atom stereocenters. The number of benzene rings is 1. The largest absolute Gasteiger partial charge is 0.467 e. The first-order valence-corrected chi connectivity index (χ1v) is 8.29. The number of carbonyl (C=O) groups excluding carboxylic acids is 3. The van der Waals surface area contributed by atoms with Crippen molar-refractivity contribution < 1.29 is 28.6 Å². The van der Waals surface area contributed by atoms with E-state index in [1.807, 2.05) is 12.1 Å². The van der Waals surface area contributed by atoms with Crippen molar-refractivity contribution in [2.24, 2.45) is 0 Å². The Balaban J connectivity index is 2.19. The smallest absolute Gasteiger partial charge is 0.415 e. The summed E-state index contributed by atoms with van der Waals surface area (Å²) in [4.78, 5) is 39.7. The normalized spacial score (nSPS) is 26.7. The number of para-hydroxylation sites is 1. The van der Waals surface area contributed by atoms with E-state index in [1.165, 1.54) is 31.1 Å². The predicted molar refractivity (Wildman–Crippen MR) is 90.4 cm³/mol. The molecule has 1 fully saturated rings. The van der Waals surface area contributed by atoms with Gasteiger partial charge in [0.1, 0.15) is 12.2 Å². The molecule has 3 rings (SSSR count). The Hall–Kier alpha value is -2.29. The summed E-state index contributed by atoms with van der Waals surface area (Å²) < 4.78 is 13.7. The monoisotopic (exact) mass is 412 g/mol. The van der Waals surface area contributed by atoms with Gasteiger partial charge in [-0.15, -0.1) is 0 Å². The van der Waals surface area contributed by atoms with Crippen LogP contribution in [0.25, 0.3) is 0 Å². The highest BCUT2D eigenvalue weighted by Gasteiger charge is 2.65. The van der Waals surface area contributed by atoms with Gasteiger partial charge in [0.25, 0.3) is 0 Å². The molecule has 25 heavy (non-hydrogen) atoms. The molecule has 2 aliphatic heterocycles. The van der Waals surface area contributed by atoms with Gasteiger partial charge in [0.2, 0.25) is 0 Å². The van der Waals surface area contributed by atoms with E-state index in [1.54, 1.807) is 12.1 Å². The first-order valence-electron chi connectivity index (χ1n) is 7.50. The Kier molecular flexibility index (Phi) is 4.36. The Labute approximate surface area is 152 Å². The summed E-state index contributed by atoms with van der Waals surface area (Å²) in [5.41, 5.74) is 1.39. The summed E-state index contributed by atoms with van der Waals surface area (Å²) in [6.07, 6.45) is -1.97. The zero-order valence-electron chi connectivity index (χ0n) is 13.9. The molecule has 8 nitrogen and oxygen atoms in total. The summed E-state index contributed by atoms with van der Waals surface area (Å²) in [7, 11) is 3.72. The van der Waals surface area contributed by atoms with E-state index in [-0.39, 0.29) is 6.42 Å². The lowest BCUT2D eigenvalue weighted by Crippen LogP contribution is -2.55. The number of halogens is 1. The highest BCUT2D eigenvalue weighted by molar-refractivity contribution is 9.09. The van der Waals surface area contributed by atoms with Crippen LogP contribution in [-0.2, 0) is 23.3 Å². The number of hydrogen-bond acceptors (Lipinski definition) is 6. The standard InChI is InChI=1S/C16H17BrN2O6/c1-23-12(20)11-8-16(17)9-6-4-5-7-10(9)18(14(21)24-2)13(16)19(11)15(22)25-3/h4-7,11,13H,8H2,1-3H3/t11-,13-,16+/m0/s1. The average molecular weight is 413 g/mol. The molecule has 1 saturated heterocycles. The van der Waals surface area contributed by atoms with E-state index in [0.717, 1.165) is 5.56 Å². The van der Waals surface area contributed by atoms with Crippen molar-refractivity contribution in [1.82, 2.24) is 4.90 Å². The minimum atomic E-state index is -0.901. The number of likely N-dealkylation sites (tertiary alicyclic amines) is 1. The third kappa shape index (κ3) is 2.37. The molecule has 0 unspecified atom stereocenters. The Bertz CT molecular complexity index is 741. The molecule has 0 bridgehead atoms. The number of alkyl halides is 1. The zero-order valence-corrected chi connectivity index (χ0v) is 15.5. The maximum atomic E-state index is 12.5. The first-order chi connectivity index (χ1) is 11.9. The quantitative estimate of drug-likeness (QED) is 0.399. The maximum Gasteiger partial charge on any atom is 0.415 e. The van der Waals surface area contributed by atoms with E-state index in [0.29, 0.717) is 5.69 Å². The third-order valence-corrected chi connectivity index (χ3v) is 5.75. The zero-order chi connectivity index (χ0) is 18.4. The number of nitrogens with zero attached hydrogens (tertiary/aromatic N) is 2. The van der Waals surface area contributed by atoms with E-state index < -0.39 is 34.7 Å². The lowest BCUT2D eigenvalue weighted by atomic mass is 9.96. The fourth-order valence-corrected chi connectivity index (χ4v) is 4.65. The van der Waals surface area contributed by atoms with E-state index in [2.05, 4.69) is 15.9 Å². The maximum absolute atomic E-state index is 12.5. The molecule has 2 amide bonds. The van der Waals surface area contributed by atoms with Gasteiger partial charge in [-0.25, -0.2) is 14.4 Å². The van der Waals surface area contributed by atoms with E-state index >= 15 is 0 Å². The van der Waals surface area contributed by atoms with Gasteiger partial charge in [-0.1, -0.05) is 34.1 Å². The van der Waals surface area contributed by atoms with Crippen molar-refractivity contribution in [3.05, 3.63) is 29.8 Å². The molecule has 0 radical (unpaired) electrons. The topological polar surface area (TPSA) is 85.4 Å². The number of amides is 2. The Morgan fingerprint density at radius 2 is 1.72 bits per heavy atom. The second kappa shape index (κ2) is 6.21. The van der Waals surface area contributed by atoms with Crippen LogP contribution in [0.3, 0.4) is 0 Å². The SMILES string of the molecule is COC(=O)[C@@H]1C[C@@]2(Br)c3ccccc3N(C(=O)OC)[C@H]2N1C(=O)OC. The fraction of sp³-hybridized carbons (Fsp3) is 0.438. The van der Waals surface area contributed by atoms with Crippen molar-refractivity contribution in [1.29, 1.82) is 0 Å². The molecule has 0 spiro atoms. The van der Waals surface area contributed by atoms with E-state index in [9.17, 15) is 14.4 Å². The van der Waals surface area contributed by atoms with Crippen LogP contribution in [0.5, 0.6) is 0 Å². The van der Waals surface area contributed by atoms with E-state index in [4.69, 9.17) is 14.2 Å². The third-order valence-electron chi connectivity index (χ3n) is 4.58. The highest BCUT2D eigenvalue weighted by Crippen LogP contribution is 2.58. The number of ether oxygens (including phenoxy) is 3. The van der Waals surface area contributed by atoms with Crippen LogP contribution in [0.2, 0.25) is 0 Å². The minimum Gasteiger partial charge on any atom is -0.467 e. The Morgan fingerprint density at radius 3 is 2.32 bits per heavy atom. The lowest BCUT2D eigenvalue weighted by Gasteiger charge is -2.34. The number of carbonyl (C=O) groups is 3. The van der Waals surface area contributed by atoms with Crippen molar-refractivity contribution in [2.45, 2.75) is 23.0 Å². The van der Waals surface area contributed by atoms with Crippen LogP contribution in [0.4, 0.5) is 15.3 Å². The van der Waals surface area contributed by atoms with Crippen molar-refractivity contribution in [3.8, 4) is 0 Å². The van der Waals surface area contributed by atoms with Crippen molar-refractivity contribution >= 4 is 39.8 Å². The van der Waals surface area contributed by atoms with Gasteiger partial charge in [0, 0.05) is 6.42 Å². The molecular formula is C16H17BrN2O6. The second-order valence-corrected chi connectivity index (χ2v) is 7.13. The summed E-state index contributed by atoms with van der Waals surface area (Å²) in [6, 6.07) is 6.31. The number of rotatable bonds is 1. The van der Waals surface area contributed by atoms with Gasteiger partial charge in [0.15, 0.2) is 0 Å². The number of fused-ring (bicyclic) bond motifs is 3. The van der Waals surface area contributed by atoms with Crippen LogP contribution in [0.15, 0.2) is 24.3 Å². The van der Waals surface area contributed by atoms with Crippen LogP contribution in [-0.4, -0.2) is 56.6 Å². The van der Waals surface area contributed by atoms with Gasteiger partial charge in [-0.05, 0) is 11.6 Å². The van der Waals surface area contributed by atoms with Gasteiger partial charge in [0.05, 0.1) is 31.3 Å². The van der Waals surface area contributed by atoms with Gasteiger partial charge in [-0.2, -0.15) is 0 Å². The molecule has 1 aromatic carbocycles. The molecule has 2 aliphatic rings. The molecule has 0 aliphatic carbocycles. The van der Waals surface area contributed by atoms with Gasteiger partial charge < -0.3 is 14.2 Å². The van der Waals surface area contributed by atoms with Gasteiger partial charge in [-0.3, -0.25) is 9.80 Å². The average Bonchev–Trinajstić information content (AvgIpc) is 3.07. The van der Waals surface area contributed by atoms with Gasteiger partial charge >= 0.3 is 18.2 Å². The van der Waals surface area contributed by atoms with Crippen molar-refractivity contribution in [3.63, 3.8) is 0 Å². The minimum absolute atomic E-state index is 0.226. The first kappa shape index (κ1) is 17.5. The Morgan fingerprint density at radius 1 is 1.08 bits per heavy atom. The molecular weight excluding hydrogens is 396 g/mol. The molecule has 0 saturated carbocycles. The second-order valence-electron chi connectivity index (χ2n) is 5.71. The molecule has 0 aromatic heterocycles. The van der Waals surface area contributed by atoms with Crippen molar-refractivity contribution in [2.75, 3.05) is 26.2 Å². The number of esters is 1. The van der Waals surface area contributed by atoms with Crippen LogP contribution in [0.1, 0.15) is 12.0 Å². The van der Waals surface area contributed by atoms with Crippen LogP contribution >= 0.6 is 15.9 Å². The molecule has 9 heteroatoms. The number of anilines is 1. The number of hydrogen-bond donors (Lipinski definition) is 0. The molecule has 0 N–H and O–H groups in total. The summed E-state index contributed by atoms with van der Waals surface area (Å²) in [5, 5.41) is 0. The number of methoxy groups -OCH3 is 3. The molecule has 2 heterocycles. The van der Waals surface area contributed by atoms with Crippen LogP contribution in [0, 0.1) is 0 Å². The molecule has 1 aromatic rings. The summed E-state index contributed by atoms with van der Waals surface area (Å²) >= 11 is 3.68. The highest BCUT2D eigenvalue weighted by atomic mass is 79.9. The fourth-order valence-electron chi connectivity index (χ4n) is 3.58. The summed E-state index contributed by atoms with van der Waals surface area (Å²) in [5.74, 6) is -0.582.